The zero-order valence-corrected chi connectivity index (χ0v) is 13.8. The van der Waals surface area contributed by atoms with E-state index >= 15 is 0 Å². The Balaban J connectivity index is 1.91. The van der Waals surface area contributed by atoms with E-state index in [0.717, 1.165) is 35.1 Å². The number of hydrogen-bond donors (Lipinski definition) is 1. The van der Waals surface area contributed by atoms with Gasteiger partial charge in [0.2, 0.25) is 0 Å². The molecule has 0 radical (unpaired) electrons. The Kier molecular flexibility index (Phi) is 4.06. The number of nitrogens with one attached hydrogen (secondary N) is 1. The third-order valence-corrected chi connectivity index (χ3v) is 4.93. The zero-order chi connectivity index (χ0) is 15.0. The fourth-order valence-corrected chi connectivity index (χ4v) is 3.43. The topological polar surface area (TPSA) is 30.5 Å². The first kappa shape index (κ1) is 15.0. The highest BCUT2D eigenvalue weighted by molar-refractivity contribution is 6.31. The molecule has 0 amide bonds. The quantitative estimate of drug-likeness (QED) is 0.884. The second-order valence-electron chi connectivity index (χ2n) is 6.75. The predicted octanol–water partition coefficient (Wildman–Crippen LogP) is 4.20. The van der Waals surface area contributed by atoms with Gasteiger partial charge in [0.15, 0.2) is 11.5 Å². The van der Waals surface area contributed by atoms with Crippen molar-refractivity contribution in [3.63, 3.8) is 0 Å². The van der Waals surface area contributed by atoms with E-state index in [1.165, 1.54) is 6.42 Å². The van der Waals surface area contributed by atoms with Gasteiger partial charge in [-0.2, -0.15) is 0 Å². The molecule has 2 unspecified atom stereocenters. The van der Waals surface area contributed by atoms with Crippen LogP contribution < -0.4 is 14.8 Å². The number of fused-ring (bicyclic) bond motifs is 1. The maximum Gasteiger partial charge on any atom is 0.162 e. The van der Waals surface area contributed by atoms with Gasteiger partial charge in [0.1, 0.15) is 13.2 Å². The minimum atomic E-state index is 0.295. The molecule has 1 aliphatic heterocycles. The molecule has 2 aliphatic rings. The van der Waals surface area contributed by atoms with Gasteiger partial charge in [-0.15, -0.1) is 0 Å². The highest BCUT2D eigenvalue weighted by Gasteiger charge is 2.50. The van der Waals surface area contributed by atoms with Crippen LogP contribution in [0.25, 0.3) is 0 Å². The smallest absolute Gasteiger partial charge is 0.162 e. The van der Waals surface area contributed by atoms with Crippen LogP contribution in [-0.4, -0.2) is 19.8 Å². The van der Waals surface area contributed by atoms with Crippen molar-refractivity contribution in [3.05, 3.63) is 22.7 Å². The lowest BCUT2D eigenvalue weighted by Gasteiger charge is -2.25. The lowest BCUT2D eigenvalue weighted by molar-refractivity contribution is 0.171. The molecule has 3 nitrogen and oxygen atoms in total. The highest BCUT2D eigenvalue weighted by atomic mass is 35.5. The SMILES string of the molecule is CCCNC(c1cc2c(cc1Cl)OCCO2)C1CC1(C)C. The molecule has 2 atom stereocenters. The maximum absolute atomic E-state index is 6.52. The molecule has 0 aromatic heterocycles. The summed E-state index contributed by atoms with van der Waals surface area (Å²) in [6.07, 6.45) is 2.35. The van der Waals surface area contributed by atoms with E-state index in [9.17, 15) is 0 Å². The molecular formula is C17H24ClNO2. The molecule has 0 saturated heterocycles. The average molecular weight is 310 g/mol. The number of rotatable bonds is 5. The number of halogens is 1. The largest absolute Gasteiger partial charge is 0.486 e. The van der Waals surface area contributed by atoms with Crippen LogP contribution in [0.3, 0.4) is 0 Å². The van der Waals surface area contributed by atoms with E-state index in [1.54, 1.807) is 0 Å². The Labute approximate surface area is 132 Å². The Hall–Kier alpha value is -0.930. The van der Waals surface area contributed by atoms with Gasteiger partial charge in [0.05, 0.1) is 0 Å². The van der Waals surface area contributed by atoms with Crippen molar-refractivity contribution < 1.29 is 9.47 Å². The van der Waals surface area contributed by atoms with Crippen LogP contribution in [0.1, 0.15) is 45.2 Å². The summed E-state index contributed by atoms with van der Waals surface area (Å²) >= 11 is 6.52. The molecule has 0 spiro atoms. The average Bonchev–Trinajstić information content (AvgIpc) is 3.08. The lowest BCUT2D eigenvalue weighted by Crippen LogP contribution is -2.26. The Morgan fingerprint density at radius 3 is 2.48 bits per heavy atom. The highest BCUT2D eigenvalue weighted by Crippen LogP contribution is 2.58. The van der Waals surface area contributed by atoms with E-state index in [4.69, 9.17) is 21.1 Å². The lowest BCUT2D eigenvalue weighted by atomic mass is 9.96. The van der Waals surface area contributed by atoms with Gasteiger partial charge >= 0.3 is 0 Å². The zero-order valence-electron chi connectivity index (χ0n) is 13.0. The van der Waals surface area contributed by atoms with Crippen molar-refractivity contribution in [1.29, 1.82) is 0 Å². The summed E-state index contributed by atoms with van der Waals surface area (Å²) in [5.74, 6) is 2.21. The molecule has 1 saturated carbocycles. The molecule has 1 fully saturated rings. The monoisotopic (exact) mass is 309 g/mol. The van der Waals surface area contributed by atoms with Gasteiger partial charge in [-0.05, 0) is 42.3 Å². The van der Waals surface area contributed by atoms with Crippen LogP contribution in [-0.2, 0) is 0 Å². The molecule has 1 N–H and O–H groups in total. The Bertz CT molecular complexity index is 530. The van der Waals surface area contributed by atoms with Gasteiger partial charge in [-0.25, -0.2) is 0 Å². The van der Waals surface area contributed by atoms with Gasteiger partial charge in [0.25, 0.3) is 0 Å². The molecule has 3 rings (SSSR count). The maximum atomic E-state index is 6.52. The van der Waals surface area contributed by atoms with Crippen molar-refractivity contribution >= 4 is 11.6 Å². The number of benzene rings is 1. The summed E-state index contributed by atoms with van der Waals surface area (Å²) in [6, 6.07) is 4.27. The molecule has 1 aromatic rings. The fourth-order valence-electron chi connectivity index (χ4n) is 3.16. The van der Waals surface area contributed by atoms with Crippen LogP contribution in [0, 0.1) is 11.3 Å². The molecule has 1 heterocycles. The van der Waals surface area contributed by atoms with Crippen LogP contribution in [0.5, 0.6) is 11.5 Å². The molecular weight excluding hydrogens is 286 g/mol. The summed E-state index contributed by atoms with van der Waals surface area (Å²) in [5, 5.41) is 4.44. The van der Waals surface area contributed by atoms with Crippen molar-refractivity contribution in [2.75, 3.05) is 19.8 Å². The third kappa shape index (κ3) is 3.00. The molecule has 116 valence electrons. The normalized spacial score (nSPS) is 23.7. The van der Waals surface area contributed by atoms with E-state index in [2.05, 4.69) is 32.2 Å². The molecule has 1 aliphatic carbocycles. The molecule has 4 heteroatoms. The molecule has 21 heavy (non-hydrogen) atoms. The first-order chi connectivity index (χ1) is 10.0. The van der Waals surface area contributed by atoms with Crippen molar-refractivity contribution in [1.82, 2.24) is 5.32 Å². The Morgan fingerprint density at radius 2 is 1.90 bits per heavy atom. The number of hydrogen-bond acceptors (Lipinski definition) is 3. The summed E-state index contributed by atoms with van der Waals surface area (Å²) in [7, 11) is 0. The van der Waals surface area contributed by atoms with Gasteiger partial charge in [0, 0.05) is 17.1 Å². The van der Waals surface area contributed by atoms with Crippen LogP contribution in [0.4, 0.5) is 0 Å². The summed E-state index contributed by atoms with van der Waals surface area (Å²) < 4.78 is 11.3. The van der Waals surface area contributed by atoms with E-state index in [0.29, 0.717) is 30.6 Å². The first-order valence-electron chi connectivity index (χ1n) is 7.85. The number of ether oxygens (including phenoxy) is 2. The van der Waals surface area contributed by atoms with Crippen LogP contribution in [0.2, 0.25) is 5.02 Å². The summed E-state index contributed by atoms with van der Waals surface area (Å²) in [6.45, 7) is 9.04. The standard InChI is InChI=1S/C17H24ClNO2/c1-4-5-19-16(12-10-17(12,2)3)11-8-14-15(9-13(11)18)21-7-6-20-14/h8-9,12,16,19H,4-7,10H2,1-3H3. The molecule has 0 bridgehead atoms. The van der Waals surface area contributed by atoms with Crippen LogP contribution in [0.15, 0.2) is 12.1 Å². The summed E-state index contributed by atoms with van der Waals surface area (Å²) in [4.78, 5) is 0. The Morgan fingerprint density at radius 1 is 1.29 bits per heavy atom. The van der Waals surface area contributed by atoms with E-state index in [-0.39, 0.29) is 0 Å². The minimum absolute atomic E-state index is 0.295. The predicted molar refractivity (Wildman–Crippen MR) is 85.4 cm³/mol. The van der Waals surface area contributed by atoms with E-state index in [1.807, 2.05) is 6.07 Å². The van der Waals surface area contributed by atoms with Gasteiger partial charge < -0.3 is 14.8 Å². The van der Waals surface area contributed by atoms with Crippen molar-refractivity contribution in [2.45, 2.75) is 39.7 Å². The van der Waals surface area contributed by atoms with Crippen LogP contribution >= 0.6 is 11.6 Å². The summed E-state index contributed by atoms with van der Waals surface area (Å²) in [5.41, 5.74) is 1.53. The van der Waals surface area contributed by atoms with E-state index < -0.39 is 0 Å². The molecule has 1 aromatic carbocycles. The van der Waals surface area contributed by atoms with Crippen molar-refractivity contribution in [2.24, 2.45) is 11.3 Å². The first-order valence-corrected chi connectivity index (χ1v) is 8.23. The second kappa shape index (κ2) is 5.69. The minimum Gasteiger partial charge on any atom is -0.486 e. The fraction of sp³-hybridized carbons (Fsp3) is 0.647. The third-order valence-electron chi connectivity index (χ3n) is 4.60. The van der Waals surface area contributed by atoms with Crippen molar-refractivity contribution in [3.8, 4) is 11.5 Å². The second-order valence-corrected chi connectivity index (χ2v) is 7.16. The van der Waals surface area contributed by atoms with Gasteiger partial charge in [-0.1, -0.05) is 32.4 Å². The van der Waals surface area contributed by atoms with Gasteiger partial charge in [-0.3, -0.25) is 0 Å².